The molecule has 86 valence electrons. The van der Waals surface area contributed by atoms with Gasteiger partial charge in [0.15, 0.2) is 0 Å². The molecule has 3 heteroatoms. The molecule has 0 radical (unpaired) electrons. The van der Waals surface area contributed by atoms with Crippen molar-refractivity contribution in [3.8, 4) is 6.07 Å². The van der Waals surface area contributed by atoms with Crippen molar-refractivity contribution in [1.29, 1.82) is 5.26 Å². The Morgan fingerprint density at radius 1 is 1.38 bits per heavy atom. The molecule has 0 saturated carbocycles. The highest BCUT2D eigenvalue weighted by molar-refractivity contribution is 8.09. The van der Waals surface area contributed by atoms with Crippen molar-refractivity contribution in [2.45, 2.75) is 30.3 Å². The van der Waals surface area contributed by atoms with Crippen molar-refractivity contribution in [2.75, 3.05) is 6.26 Å². The van der Waals surface area contributed by atoms with Gasteiger partial charge in [-0.05, 0) is 37.7 Å². The Labute approximate surface area is 108 Å². The van der Waals surface area contributed by atoms with E-state index >= 15 is 0 Å². The molecule has 1 rings (SSSR count). The highest BCUT2D eigenvalue weighted by atomic mass is 32.2. The van der Waals surface area contributed by atoms with Gasteiger partial charge in [-0.2, -0.15) is 29.7 Å². The van der Waals surface area contributed by atoms with Crippen LogP contribution >= 0.6 is 24.4 Å². The Bertz CT molecular complexity index is 376. The SMILES string of the molecule is CSC(S)Cc1ccc(C(C)(C)C#N)cc1. The molecule has 0 aliphatic carbocycles. The number of nitrogens with zero attached hydrogens (tertiary/aromatic N) is 1. The molecule has 0 aliphatic heterocycles. The summed E-state index contributed by atoms with van der Waals surface area (Å²) in [5, 5.41) is 9.03. The van der Waals surface area contributed by atoms with E-state index in [-0.39, 0.29) is 0 Å². The van der Waals surface area contributed by atoms with Crippen LogP contribution in [0.2, 0.25) is 0 Å². The minimum Gasteiger partial charge on any atom is -0.197 e. The predicted octanol–water partition coefficient (Wildman–Crippen LogP) is 3.65. The molecule has 1 aromatic carbocycles. The summed E-state index contributed by atoms with van der Waals surface area (Å²) in [5.74, 6) is 0. The maximum Gasteiger partial charge on any atom is 0.0766 e. The van der Waals surface area contributed by atoms with Gasteiger partial charge in [0.05, 0.1) is 16.1 Å². The summed E-state index contributed by atoms with van der Waals surface area (Å²) < 4.78 is 0.342. The topological polar surface area (TPSA) is 23.8 Å². The maximum atomic E-state index is 9.03. The molecular formula is C13H17NS2. The number of rotatable bonds is 4. The van der Waals surface area contributed by atoms with Crippen molar-refractivity contribution in [1.82, 2.24) is 0 Å². The van der Waals surface area contributed by atoms with E-state index in [4.69, 9.17) is 5.26 Å². The molecule has 1 nitrogen and oxygen atoms in total. The zero-order valence-electron chi connectivity index (χ0n) is 9.90. The lowest BCUT2D eigenvalue weighted by atomic mass is 9.86. The molecule has 0 N–H and O–H groups in total. The van der Waals surface area contributed by atoms with Crippen LogP contribution in [0.5, 0.6) is 0 Å². The van der Waals surface area contributed by atoms with Crippen LogP contribution < -0.4 is 0 Å². The van der Waals surface area contributed by atoms with E-state index in [1.54, 1.807) is 11.8 Å². The van der Waals surface area contributed by atoms with Gasteiger partial charge in [0, 0.05) is 0 Å². The minimum absolute atomic E-state index is 0.342. The van der Waals surface area contributed by atoms with Crippen LogP contribution in [-0.2, 0) is 11.8 Å². The van der Waals surface area contributed by atoms with Crippen LogP contribution in [0.4, 0.5) is 0 Å². The molecule has 16 heavy (non-hydrogen) atoms. The second-order valence-corrected chi connectivity index (χ2v) is 6.34. The molecule has 0 fully saturated rings. The number of hydrogen-bond donors (Lipinski definition) is 1. The van der Waals surface area contributed by atoms with E-state index in [1.807, 2.05) is 26.0 Å². The molecule has 0 spiro atoms. The first-order valence-corrected chi connectivity index (χ1v) is 7.01. The number of thiol groups is 1. The molecule has 0 amide bonds. The molecular weight excluding hydrogens is 234 g/mol. The molecule has 1 aromatic rings. The largest absolute Gasteiger partial charge is 0.197 e. The van der Waals surface area contributed by atoms with Crippen LogP contribution in [-0.4, -0.2) is 10.8 Å². The summed E-state index contributed by atoms with van der Waals surface area (Å²) in [7, 11) is 0. The standard InChI is InChI=1S/C13H17NS2/c1-13(2,9-14)11-6-4-10(5-7-11)8-12(15)16-3/h4-7,12,15H,8H2,1-3H3. The third-order valence-corrected chi connectivity index (χ3v) is 4.16. The van der Waals surface area contributed by atoms with Crippen molar-refractivity contribution < 1.29 is 0 Å². The van der Waals surface area contributed by atoms with Gasteiger partial charge in [0.2, 0.25) is 0 Å². The Kier molecular flexibility index (Phi) is 4.76. The van der Waals surface area contributed by atoms with Gasteiger partial charge >= 0.3 is 0 Å². The highest BCUT2D eigenvalue weighted by Crippen LogP contribution is 2.23. The average molecular weight is 251 g/mol. The van der Waals surface area contributed by atoms with Gasteiger partial charge in [0.1, 0.15) is 0 Å². The first-order chi connectivity index (χ1) is 7.49. The minimum atomic E-state index is -0.404. The van der Waals surface area contributed by atoms with Crippen LogP contribution in [0.15, 0.2) is 24.3 Å². The second kappa shape index (κ2) is 5.65. The van der Waals surface area contributed by atoms with Crippen molar-refractivity contribution in [2.24, 2.45) is 0 Å². The van der Waals surface area contributed by atoms with Gasteiger partial charge in [-0.15, -0.1) is 0 Å². The molecule has 0 aromatic heterocycles. The average Bonchev–Trinajstić information content (AvgIpc) is 2.29. The summed E-state index contributed by atoms with van der Waals surface area (Å²) in [6.07, 6.45) is 3.02. The monoisotopic (exact) mass is 251 g/mol. The first-order valence-electron chi connectivity index (χ1n) is 5.21. The maximum absolute atomic E-state index is 9.03. The first kappa shape index (κ1) is 13.5. The van der Waals surface area contributed by atoms with Gasteiger partial charge in [0.25, 0.3) is 0 Å². The number of benzene rings is 1. The third kappa shape index (κ3) is 3.47. The Morgan fingerprint density at radius 2 is 1.94 bits per heavy atom. The molecule has 0 aliphatic rings. The fraction of sp³-hybridized carbons (Fsp3) is 0.462. The van der Waals surface area contributed by atoms with Crippen LogP contribution in [0, 0.1) is 11.3 Å². The van der Waals surface area contributed by atoms with Crippen molar-refractivity contribution >= 4 is 24.4 Å². The van der Waals surface area contributed by atoms with E-state index in [1.165, 1.54) is 5.56 Å². The zero-order chi connectivity index (χ0) is 12.2. The lowest BCUT2D eigenvalue weighted by Crippen LogP contribution is -2.13. The molecule has 0 heterocycles. The number of hydrogen-bond acceptors (Lipinski definition) is 3. The Morgan fingerprint density at radius 3 is 2.38 bits per heavy atom. The van der Waals surface area contributed by atoms with Gasteiger partial charge < -0.3 is 0 Å². The molecule has 0 saturated heterocycles. The summed E-state index contributed by atoms with van der Waals surface area (Å²) in [4.78, 5) is 0. The van der Waals surface area contributed by atoms with E-state index < -0.39 is 5.41 Å². The zero-order valence-corrected chi connectivity index (χ0v) is 11.6. The fourth-order valence-corrected chi connectivity index (χ4v) is 1.98. The van der Waals surface area contributed by atoms with Crippen molar-refractivity contribution in [3.63, 3.8) is 0 Å². The summed E-state index contributed by atoms with van der Waals surface area (Å²) in [6, 6.07) is 10.6. The summed E-state index contributed by atoms with van der Waals surface area (Å²) >= 11 is 6.20. The van der Waals surface area contributed by atoms with Crippen LogP contribution in [0.25, 0.3) is 0 Å². The predicted molar refractivity (Wildman–Crippen MR) is 75.1 cm³/mol. The van der Waals surface area contributed by atoms with Crippen LogP contribution in [0.1, 0.15) is 25.0 Å². The third-order valence-electron chi connectivity index (χ3n) is 2.64. The summed E-state index contributed by atoms with van der Waals surface area (Å²) in [6.45, 7) is 3.87. The summed E-state index contributed by atoms with van der Waals surface area (Å²) in [5.41, 5.74) is 1.93. The molecule has 0 bridgehead atoms. The van der Waals surface area contributed by atoms with Gasteiger partial charge in [-0.1, -0.05) is 24.3 Å². The second-order valence-electron chi connectivity index (χ2n) is 4.33. The number of thioether (sulfide) groups is 1. The Balaban J connectivity index is 2.80. The number of nitriles is 1. The molecule has 1 unspecified atom stereocenters. The van der Waals surface area contributed by atoms with E-state index in [9.17, 15) is 0 Å². The van der Waals surface area contributed by atoms with E-state index in [2.05, 4.69) is 37.1 Å². The smallest absolute Gasteiger partial charge is 0.0766 e. The quantitative estimate of drug-likeness (QED) is 0.652. The highest BCUT2D eigenvalue weighted by Gasteiger charge is 2.19. The van der Waals surface area contributed by atoms with E-state index in [0.717, 1.165) is 12.0 Å². The lowest BCUT2D eigenvalue weighted by Gasteiger charge is -2.16. The van der Waals surface area contributed by atoms with Gasteiger partial charge in [-0.3, -0.25) is 0 Å². The van der Waals surface area contributed by atoms with Crippen molar-refractivity contribution in [3.05, 3.63) is 35.4 Å². The fourth-order valence-electron chi connectivity index (χ4n) is 1.41. The Hall–Kier alpha value is -0.590. The van der Waals surface area contributed by atoms with Crippen LogP contribution in [0.3, 0.4) is 0 Å². The molecule has 1 atom stereocenters. The normalized spacial score (nSPS) is 13.2. The lowest BCUT2D eigenvalue weighted by molar-refractivity contribution is 0.686. The van der Waals surface area contributed by atoms with Gasteiger partial charge in [-0.25, -0.2) is 0 Å². The van der Waals surface area contributed by atoms with E-state index in [0.29, 0.717) is 4.58 Å².